The molecular formula is C21H22N2O5. The summed E-state index contributed by atoms with van der Waals surface area (Å²) in [5.41, 5.74) is 5.79. The van der Waals surface area contributed by atoms with E-state index in [1.54, 1.807) is 30.3 Å². The first-order valence-electron chi connectivity index (χ1n) is 8.80. The van der Waals surface area contributed by atoms with E-state index in [4.69, 9.17) is 9.47 Å². The van der Waals surface area contributed by atoms with Crippen molar-refractivity contribution in [1.29, 1.82) is 0 Å². The highest BCUT2D eigenvalue weighted by Crippen LogP contribution is 2.13. The zero-order chi connectivity index (χ0) is 20.2. The van der Waals surface area contributed by atoms with Crippen LogP contribution < -0.4 is 15.6 Å². The Kier molecular flexibility index (Phi) is 8.26. The molecule has 28 heavy (non-hydrogen) atoms. The minimum absolute atomic E-state index is 0.289. The van der Waals surface area contributed by atoms with Crippen LogP contribution in [0.2, 0.25) is 0 Å². The topological polar surface area (TPSA) is 93.7 Å². The highest BCUT2D eigenvalue weighted by molar-refractivity contribution is 5.93. The summed E-state index contributed by atoms with van der Waals surface area (Å²) in [5, 5.41) is 0. The third-order valence-corrected chi connectivity index (χ3v) is 3.45. The van der Waals surface area contributed by atoms with Gasteiger partial charge in [-0.1, -0.05) is 37.3 Å². The SMILES string of the molecule is CCCOC(=O)c1ccc(OCC(=O)NNC(=O)/C=C/c2ccccc2)cc1. The zero-order valence-corrected chi connectivity index (χ0v) is 15.5. The van der Waals surface area contributed by atoms with Gasteiger partial charge in [0.05, 0.1) is 12.2 Å². The smallest absolute Gasteiger partial charge is 0.338 e. The van der Waals surface area contributed by atoms with Crippen LogP contribution in [0.1, 0.15) is 29.3 Å². The van der Waals surface area contributed by atoms with E-state index in [9.17, 15) is 14.4 Å². The van der Waals surface area contributed by atoms with Gasteiger partial charge in [-0.05, 0) is 42.3 Å². The molecule has 2 aromatic carbocycles. The van der Waals surface area contributed by atoms with Crippen molar-refractivity contribution in [2.24, 2.45) is 0 Å². The third-order valence-electron chi connectivity index (χ3n) is 3.45. The van der Waals surface area contributed by atoms with E-state index in [1.807, 2.05) is 37.3 Å². The van der Waals surface area contributed by atoms with Gasteiger partial charge in [0.2, 0.25) is 0 Å². The number of carbonyl (C=O) groups is 3. The van der Waals surface area contributed by atoms with Crippen molar-refractivity contribution >= 4 is 23.9 Å². The standard InChI is InChI=1S/C21H22N2O5/c1-2-14-27-21(26)17-9-11-18(12-10-17)28-15-20(25)23-22-19(24)13-8-16-6-4-3-5-7-16/h3-13H,2,14-15H2,1H3,(H,22,24)(H,23,25)/b13-8+. The molecule has 0 spiro atoms. The number of hydrogen-bond acceptors (Lipinski definition) is 5. The van der Waals surface area contributed by atoms with Crippen LogP contribution in [0.15, 0.2) is 60.7 Å². The molecule has 7 heteroatoms. The Labute approximate surface area is 163 Å². The molecule has 0 aliphatic carbocycles. The number of hydrogen-bond donors (Lipinski definition) is 2. The Morgan fingerprint density at radius 3 is 2.36 bits per heavy atom. The van der Waals surface area contributed by atoms with E-state index in [0.29, 0.717) is 17.9 Å². The average Bonchev–Trinajstić information content (AvgIpc) is 2.74. The van der Waals surface area contributed by atoms with Gasteiger partial charge in [-0.2, -0.15) is 0 Å². The molecule has 7 nitrogen and oxygen atoms in total. The fourth-order valence-corrected chi connectivity index (χ4v) is 2.06. The largest absolute Gasteiger partial charge is 0.484 e. The summed E-state index contributed by atoms with van der Waals surface area (Å²) in [6.45, 7) is 1.99. The van der Waals surface area contributed by atoms with Crippen LogP contribution in [0.25, 0.3) is 6.08 Å². The quantitative estimate of drug-likeness (QED) is 0.416. The number of rotatable bonds is 8. The lowest BCUT2D eigenvalue weighted by Crippen LogP contribution is -2.43. The number of benzene rings is 2. The van der Waals surface area contributed by atoms with E-state index in [-0.39, 0.29) is 6.61 Å². The minimum Gasteiger partial charge on any atom is -0.484 e. The molecule has 0 saturated heterocycles. The Bertz CT molecular complexity index is 816. The van der Waals surface area contributed by atoms with Crippen molar-refractivity contribution in [3.63, 3.8) is 0 Å². The molecule has 0 radical (unpaired) electrons. The van der Waals surface area contributed by atoms with Gasteiger partial charge in [0.25, 0.3) is 11.8 Å². The molecule has 146 valence electrons. The maximum Gasteiger partial charge on any atom is 0.338 e. The van der Waals surface area contributed by atoms with Gasteiger partial charge in [-0.25, -0.2) is 4.79 Å². The predicted octanol–water partition coefficient (Wildman–Crippen LogP) is 2.49. The van der Waals surface area contributed by atoms with Crippen LogP contribution in [0.3, 0.4) is 0 Å². The van der Waals surface area contributed by atoms with Gasteiger partial charge in [0.1, 0.15) is 5.75 Å². The molecule has 0 aromatic heterocycles. The lowest BCUT2D eigenvalue weighted by molar-refractivity contribution is -0.128. The van der Waals surface area contributed by atoms with Gasteiger partial charge < -0.3 is 9.47 Å². The number of carbonyl (C=O) groups excluding carboxylic acids is 3. The Balaban J connectivity index is 1.71. The summed E-state index contributed by atoms with van der Waals surface area (Å²) >= 11 is 0. The molecule has 0 heterocycles. The van der Waals surface area contributed by atoms with Crippen molar-refractivity contribution < 1.29 is 23.9 Å². The van der Waals surface area contributed by atoms with Gasteiger partial charge in [0, 0.05) is 6.08 Å². The second-order valence-electron chi connectivity index (χ2n) is 5.73. The van der Waals surface area contributed by atoms with E-state index in [1.165, 1.54) is 6.08 Å². The molecule has 0 bridgehead atoms. The van der Waals surface area contributed by atoms with Crippen molar-refractivity contribution in [2.45, 2.75) is 13.3 Å². The van der Waals surface area contributed by atoms with Gasteiger partial charge in [-0.15, -0.1) is 0 Å². The molecule has 0 aliphatic heterocycles. The number of nitrogens with one attached hydrogen (secondary N) is 2. The zero-order valence-electron chi connectivity index (χ0n) is 15.5. The fraction of sp³-hybridized carbons (Fsp3) is 0.190. The first-order chi connectivity index (χ1) is 13.6. The number of ether oxygens (including phenoxy) is 2. The number of esters is 1. The molecule has 0 saturated carbocycles. The number of amides is 2. The van der Waals surface area contributed by atoms with Crippen LogP contribution in [0.4, 0.5) is 0 Å². The maximum atomic E-state index is 11.7. The monoisotopic (exact) mass is 382 g/mol. The van der Waals surface area contributed by atoms with Crippen molar-refractivity contribution in [3.8, 4) is 5.75 Å². The summed E-state index contributed by atoms with van der Waals surface area (Å²) < 4.78 is 10.3. The molecule has 2 amide bonds. The van der Waals surface area contributed by atoms with Crippen LogP contribution in [0.5, 0.6) is 5.75 Å². The summed E-state index contributed by atoms with van der Waals surface area (Å²) in [7, 11) is 0. The molecule has 0 atom stereocenters. The van der Waals surface area contributed by atoms with Crippen molar-refractivity contribution in [3.05, 3.63) is 71.8 Å². The molecule has 2 rings (SSSR count). The summed E-state index contributed by atoms with van der Waals surface area (Å²) in [4.78, 5) is 35.1. The molecule has 0 aliphatic rings. The van der Waals surface area contributed by atoms with Gasteiger partial charge >= 0.3 is 5.97 Å². The highest BCUT2D eigenvalue weighted by Gasteiger charge is 2.08. The minimum atomic E-state index is -0.520. The van der Waals surface area contributed by atoms with Crippen molar-refractivity contribution in [2.75, 3.05) is 13.2 Å². The molecule has 2 N–H and O–H groups in total. The van der Waals surface area contributed by atoms with Crippen LogP contribution in [0, 0.1) is 0 Å². The summed E-state index contributed by atoms with van der Waals surface area (Å²) in [6, 6.07) is 15.5. The fourth-order valence-electron chi connectivity index (χ4n) is 2.06. The predicted molar refractivity (Wildman–Crippen MR) is 104 cm³/mol. The normalized spacial score (nSPS) is 10.3. The van der Waals surface area contributed by atoms with Gasteiger partial charge in [0.15, 0.2) is 6.61 Å². The Hall–Kier alpha value is -3.61. The van der Waals surface area contributed by atoms with Crippen molar-refractivity contribution in [1.82, 2.24) is 10.9 Å². The lowest BCUT2D eigenvalue weighted by Gasteiger charge is -2.08. The van der Waals surface area contributed by atoms with Gasteiger partial charge in [-0.3, -0.25) is 20.4 Å². The van der Waals surface area contributed by atoms with E-state index in [2.05, 4.69) is 10.9 Å². The summed E-state index contributed by atoms with van der Waals surface area (Å²) in [5.74, 6) is -0.977. The average molecular weight is 382 g/mol. The number of hydrazine groups is 1. The van der Waals surface area contributed by atoms with E-state index in [0.717, 1.165) is 12.0 Å². The molecule has 2 aromatic rings. The first kappa shape index (κ1) is 20.7. The Morgan fingerprint density at radius 2 is 1.68 bits per heavy atom. The molecule has 0 unspecified atom stereocenters. The third kappa shape index (κ3) is 7.33. The summed E-state index contributed by atoms with van der Waals surface area (Å²) in [6.07, 6.45) is 3.69. The van der Waals surface area contributed by atoms with E-state index < -0.39 is 17.8 Å². The second kappa shape index (κ2) is 11.2. The second-order valence-corrected chi connectivity index (χ2v) is 5.73. The van der Waals surface area contributed by atoms with Crippen LogP contribution in [-0.2, 0) is 14.3 Å². The lowest BCUT2D eigenvalue weighted by atomic mass is 10.2. The van der Waals surface area contributed by atoms with Crippen LogP contribution >= 0.6 is 0 Å². The van der Waals surface area contributed by atoms with Crippen LogP contribution in [-0.4, -0.2) is 31.0 Å². The highest BCUT2D eigenvalue weighted by atomic mass is 16.5. The van der Waals surface area contributed by atoms with E-state index >= 15 is 0 Å². The molecule has 0 fully saturated rings. The maximum absolute atomic E-state index is 11.7. The first-order valence-corrected chi connectivity index (χ1v) is 8.80. The molecular weight excluding hydrogens is 360 g/mol. The Morgan fingerprint density at radius 1 is 0.964 bits per heavy atom.